The zero-order chi connectivity index (χ0) is 13.1. The predicted molar refractivity (Wildman–Crippen MR) is 74.9 cm³/mol. The van der Waals surface area contributed by atoms with Crippen LogP contribution in [0.3, 0.4) is 0 Å². The van der Waals surface area contributed by atoms with Gasteiger partial charge in [-0.15, -0.1) is 0 Å². The van der Waals surface area contributed by atoms with Crippen molar-refractivity contribution in [2.75, 3.05) is 6.54 Å². The Hall–Kier alpha value is -1.93. The molecule has 0 saturated carbocycles. The van der Waals surface area contributed by atoms with Crippen molar-refractivity contribution in [3.8, 4) is 0 Å². The van der Waals surface area contributed by atoms with Crippen LogP contribution in [0.2, 0.25) is 0 Å². The first-order valence-electron chi connectivity index (χ1n) is 6.63. The third-order valence-electron chi connectivity index (χ3n) is 3.59. The van der Waals surface area contributed by atoms with Crippen LogP contribution in [-0.2, 0) is 17.6 Å². The normalized spacial score (nSPS) is 17.8. The molecule has 2 aromatic rings. The number of Topliss-reactive ketones (excluding diaryl/α,β-unsaturated/α-hetero) is 1. The number of hydrogen-bond acceptors (Lipinski definition) is 2. The molecule has 2 aromatic carbocycles. The minimum absolute atomic E-state index is 0.179. The summed E-state index contributed by atoms with van der Waals surface area (Å²) in [5.74, 6) is 0.228. The summed E-state index contributed by atoms with van der Waals surface area (Å²) < 4.78 is 0. The molecule has 2 heteroatoms. The molecule has 0 amide bonds. The van der Waals surface area contributed by atoms with Crippen molar-refractivity contribution >= 4 is 5.78 Å². The van der Waals surface area contributed by atoms with Gasteiger partial charge in [0.2, 0.25) is 0 Å². The largest absolute Gasteiger partial charge is 0.303 e. The molecule has 1 radical (unpaired) electrons. The maximum atomic E-state index is 12.5. The van der Waals surface area contributed by atoms with Crippen LogP contribution >= 0.6 is 0 Å². The lowest BCUT2D eigenvalue weighted by Crippen LogP contribution is -2.35. The first-order valence-corrected chi connectivity index (χ1v) is 6.63. The fraction of sp³-hybridized carbons (Fsp3) is 0.235. The molecule has 0 spiro atoms. The highest BCUT2D eigenvalue weighted by Gasteiger charge is 2.25. The first kappa shape index (κ1) is 12.1. The van der Waals surface area contributed by atoms with Gasteiger partial charge >= 0.3 is 0 Å². The molecule has 1 aliphatic rings. The van der Waals surface area contributed by atoms with E-state index in [1.807, 2.05) is 42.5 Å². The van der Waals surface area contributed by atoms with Crippen LogP contribution in [0.1, 0.15) is 22.7 Å². The summed E-state index contributed by atoms with van der Waals surface area (Å²) in [5, 5.41) is 3.33. The molecule has 0 saturated heterocycles. The van der Waals surface area contributed by atoms with Gasteiger partial charge in [0.1, 0.15) is 0 Å². The summed E-state index contributed by atoms with van der Waals surface area (Å²) in [6, 6.07) is 18.7. The average Bonchev–Trinajstić information content (AvgIpc) is 2.47. The van der Waals surface area contributed by atoms with Crippen LogP contribution in [0.15, 0.2) is 48.5 Å². The van der Waals surface area contributed by atoms with E-state index >= 15 is 0 Å². The number of carbonyl (C=O) groups is 1. The van der Waals surface area contributed by atoms with Gasteiger partial charge in [0.25, 0.3) is 0 Å². The van der Waals surface area contributed by atoms with Gasteiger partial charge < -0.3 is 5.32 Å². The van der Waals surface area contributed by atoms with E-state index in [1.54, 1.807) is 0 Å². The smallest absolute Gasteiger partial charge is 0.158 e. The molecule has 1 atom stereocenters. The molecule has 1 heterocycles. The van der Waals surface area contributed by atoms with Gasteiger partial charge in [0, 0.05) is 13.0 Å². The van der Waals surface area contributed by atoms with Crippen molar-refractivity contribution in [1.29, 1.82) is 0 Å². The zero-order valence-electron chi connectivity index (χ0n) is 10.7. The molecule has 3 rings (SSSR count). The minimum atomic E-state index is -0.179. The van der Waals surface area contributed by atoms with Gasteiger partial charge in [-0.05, 0) is 35.2 Å². The minimum Gasteiger partial charge on any atom is -0.303 e. The van der Waals surface area contributed by atoms with Crippen LogP contribution in [0, 0.1) is 6.07 Å². The Morgan fingerprint density at radius 1 is 1.26 bits per heavy atom. The predicted octanol–water partition coefficient (Wildman–Crippen LogP) is 2.49. The first-order chi connectivity index (χ1) is 9.34. The number of fused-ring (bicyclic) bond motifs is 1. The molecule has 1 unspecified atom stereocenters. The lowest BCUT2D eigenvalue weighted by molar-refractivity contribution is -0.120. The van der Waals surface area contributed by atoms with Crippen molar-refractivity contribution in [3.63, 3.8) is 0 Å². The second kappa shape index (κ2) is 5.37. The second-order valence-electron chi connectivity index (χ2n) is 4.89. The molecular weight excluding hydrogens is 234 g/mol. The van der Waals surface area contributed by atoms with Crippen molar-refractivity contribution < 1.29 is 4.79 Å². The van der Waals surface area contributed by atoms with Crippen LogP contribution in [0.4, 0.5) is 0 Å². The van der Waals surface area contributed by atoms with Crippen LogP contribution < -0.4 is 5.32 Å². The maximum Gasteiger partial charge on any atom is 0.158 e. The molecule has 19 heavy (non-hydrogen) atoms. The van der Waals surface area contributed by atoms with Gasteiger partial charge in [-0.25, -0.2) is 0 Å². The van der Waals surface area contributed by atoms with E-state index in [2.05, 4.69) is 17.4 Å². The van der Waals surface area contributed by atoms with E-state index in [0.717, 1.165) is 24.1 Å². The molecular formula is C17H16NO. The van der Waals surface area contributed by atoms with Crippen molar-refractivity contribution in [2.45, 2.75) is 18.9 Å². The van der Waals surface area contributed by atoms with Crippen molar-refractivity contribution in [1.82, 2.24) is 5.32 Å². The summed E-state index contributed by atoms with van der Waals surface area (Å²) in [5.41, 5.74) is 3.43. The van der Waals surface area contributed by atoms with Crippen LogP contribution in [-0.4, -0.2) is 12.3 Å². The Morgan fingerprint density at radius 3 is 2.95 bits per heavy atom. The monoisotopic (exact) mass is 250 g/mol. The fourth-order valence-electron chi connectivity index (χ4n) is 2.62. The standard InChI is InChI=1S/C17H16NO/c19-16(12-13-6-2-1-3-7-13)17-15-9-5-4-8-14(15)10-11-18-17/h1-4,6-9,17-18H,10-12H2. The SMILES string of the molecule is O=C(Cc1ccccc1)C1NCCc2cc[c]cc21. The Morgan fingerprint density at radius 2 is 2.11 bits per heavy atom. The van der Waals surface area contributed by atoms with E-state index in [-0.39, 0.29) is 11.8 Å². The Bertz CT molecular complexity index is 577. The van der Waals surface area contributed by atoms with E-state index in [1.165, 1.54) is 5.56 Å². The summed E-state index contributed by atoms with van der Waals surface area (Å²) in [6.07, 6.45) is 1.46. The van der Waals surface area contributed by atoms with Gasteiger partial charge in [-0.1, -0.05) is 42.5 Å². The van der Waals surface area contributed by atoms with Crippen LogP contribution in [0.5, 0.6) is 0 Å². The Balaban J connectivity index is 1.82. The summed E-state index contributed by atoms with van der Waals surface area (Å²) in [4.78, 5) is 12.5. The number of carbonyl (C=O) groups excluding carboxylic acids is 1. The molecule has 95 valence electrons. The van der Waals surface area contributed by atoms with Crippen LogP contribution in [0.25, 0.3) is 0 Å². The van der Waals surface area contributed by atoms with Gasteiger partial charge in [0.15, 0.2) is 5.78 Å². The molecule has 2 nitrogen and oxygen atoms in total. The molecule has 0 fully saturated rings. The summed E-state index contributed by atoms with van der Waals surface area (Å²) >= 11 is 0. The van der Waals surface area contributed by atoms with E-state index < -0.39 is 0 Å². The average molecular weight is 250 g/mol. The third-order valence-corrected chi connectivity index (χ3v) is 3.59. The molecule has 1 N–H and O–H groups in total. The number of benzene rings is 2. The van der Waals surface area contributed by atoms with E-state index in [0.29, 0.717) is 6.42 Å². The zero-order valence-corrected chi connectivity index (χ0v) is 10.7. The Kier molecular flexibility index (Phi) is 3.43. The highest BCUT2D eigenvalue weighted by molar-refractivity contribution is 5.87. The number of rotatable bonds is 3. The molecule has 1 aliphatic heterocycles. The van der Waals surface area contributed by atoms with Crippen molar-refractivity contribution in [2.24, 2.45) is 0 Å². The second-order valence-corrected chi connectivity index (χ2v) is 4.89. The van der Waals surface area contributed by atoms with Gasteiger partial charge in [0.05, 0.1) is 6.04 Å². The fourth-order valence-corrected chi connectivity index (χ4v) is 2.62. The summed E-state index contributed by atoms with van der Waals surface area (Å²) in [7, 11) is 0. The lowest BCUT2D eigenvalue weighted by atomic mass is 9.90. The Labute approximate surface area is 113 Å². The van der Waals surface area contributed by atoms with Crippen molar-refractivity contribution in [3.05, 3.63) is 71.3 Å². The molecule has 0 aromatic heterocycles. The third kappa shape index (κ3) is 2.59. The number of ketones is 1. The maximum absolute atomic E-state index is 12.5. The van der Waals surface area contributed by atoms with Gasteiger partial charge in [-0.3, -0.25) is 4.79 Å². The van der Waals surface area contributed by atoms with E-state index in [4.69, 9.17) is 0 Å². The highest BCUT2D eigenvalue weighted by atomic mass is 16.1. The van der Waals surface area contributed by atoms with E-state index in [9.17, 15) is 4.79 Å². The molecule has 0 bridgehead atoms. The summed E-state index contributed by atoms with van der Waals surface area (Å²) in [6.45, 7) is 0.863. The van der Waals surface area contributed by atoms with Gasteiger partial charge in [-0.2, -0.15) is 0 Å². The molecule has 0 aliphatic carbocycles. The number of hydrogen-bond donors (Lipinski definition) is 1. The number of nitrogens with one attached hydrogen (secondary N) is 1. The lowest BCUT2D eigenvalue weighted by Gasteiger charge is -2.25. The quantitative estimate of drug-likeness (QED) is 0.906. The highest BCUT2D eigenvalue weighted by Crippen LogP contribution is 2.24. The topological polar surface area (TPSA) is 29.1 Å².